The van der Waals surface area contributed by atoms with Crippen molar-refractivity contribution in [1.82, 2.24) is 9.55 Å². The van der Waals surface area contributed by atoms with E-state index in [0.717, 1.165) is 65.7 Å². The fraction of sp³-hybridized carbons (Fsp3) is 0.375. The van der Waals surface area contributed by atoms with Gasteiger partial charge in [0.25, 0.3) is 5.91 Å². The van der Waals surface area contributed by atoms with Crippen LogP contribution in [0.15, 0.2) is 35.3 Å². The predicted molar refractivity (Wildman–Crippen MR) is 122 cm³/mol. The van der Waals surface area contributed by atoms with Gasteiger partial charge in [-0.25, -0.2) is 4.98 Å². The highest BCUT2D eigenvalue weighted by Crippen LogP contribution is 2.42. The molecule has 0 radical (unpaired) electrons. The fourth-order valence-electron chi connectivity index (χ4n) is 5.21. The van der Waals surface area contributed by atoms with Crippen LogP contribution in [0.1, 0.15) is 25.7 Å². The van der Waals surface area contributed by atoms with E-state index in [1.54, 1.807) is 0 Å². The lowest BCUT2D eigenvalue weighted by molar-refractivity contribution is -0.117. The Morgan fingerprint density at radius 2 is 1.84 bits per heavy atom. The maximum atomic E-state index is 11.7. The summed E-state index contributed by atoms with van der Waals surface area (Å²) in [6.07, 6.45) is 3.80. The number of aryl methyl sites for hydroxylation is 1. The topological polar surface area (TPSA) is 72.2 Å². The van der Waals surface area contributed by atoms with E-state index in [0.29, 0.717) is 25.6 Å². The highest BCUT2D eigenvalue weighted by atomic mass is 16.5. The summed E-state index contributed by atoms with van der Waals surface area (Å²) in [6, 6.07) is 10.9. The smallest absolute Gasteiger partial charge is 0.305 e. The number of carbonyl (C=O) groups excluding carboxylic acids is 1. The lowest BCUT2D eigenvalue weighted by Crippen LogP contribution is -2.36. The molecule has 0 saturated carbocycles. The summed E-state index contributed by atoms with van der Waals surface area (Å²) < 4.78 is 14.3. The number of carbonyl (C=O) groups is 1. The van der Waals surface area contributed by atoms with Crippen molar-refractivity contribution >= 4 is 34.3 Å². The first kappa shape index (κ1) is 18.1. The van der Waals surface area contributed by atoms with Crippen LogP contribution in [0.25, 0.3) is 22.4 Å². The van der Waals surface area contributed by atoms with Crippen LogP contribution in [0, 0.1) is 0 Å². The zero-order chi connectivity index (χ0) is 21.2. The van der Waals surface area contributed by atoms with Crippen molar-refractivity contribution in [3.05, 3.63) is 30.3 Å². The Morgan fingerprint density at radius 1 is 0.938 bits per heavy atom. The van der Waals surface area contributed by atoms with Gasteiger partial charge in [0.1, 0.15) is 17.1 Å². The number of hydrogen-bond acceptors (Lipinski definition) is 6. The highest BCUT2D eigenvalue weighted by molar-refractivity contribution is 6.08. The molecule has 4 aliphatic rings. The Kier molecular flexibility index (Phi) is 3.79. The van der Waals surface area contributed by atoms with Crippen molar-refractivity contribution < 1.29 is 14.3 Å². The number of aromatic nitrogens is 2. The Bertz CT molecular complexity index is 1300. The molecule has 5 heterocycles. The van der Waals surface area contributed by atoms with Gasteiger partial charge in [-0.1, -0.05) is 0 Å². The van der Waals surface area contributed by atoms with E-state index in [2.05, 4.69) is 32.7 Å². The monoisotopic (exact) mass is 429 g/mol. The molecule has 1 aromatic heterocycles. The number of benzene rings is 2. The Hall–Kier alpha value is -3.55. The maximum absolute atomic E-state index is 11.7. The number of fused-ring (bicyclic) bond motifs is 3. The molecule has 162 valence electrons. The van der Waals surface area contributed by atoms with E-state index in [9.17, 15) is 4.79 Å². The van der Waals surface area contributed by atoms with Gasteiger partial charge in [-0.2, -0.15) is 4.99 Å². The van der Waals surface area contributed by atoms with Gasteiger partial charge < -0.3 is 18.9 Å². The van der Waals surface area contributed by atoms with Gasteiger partial charge in [0.15, 0.2) is 5.75 Å². The molecule has 0 N–H and O–H groups in total. The van der Waals surface area contributed by atoms with E-state index in [1.165, 1.54) is 18.5 Å². The van der Waals surface area contributed by atoms with Crippen molar-refractivity contribution in [2.45, 2.75) is 32.2 Å². The molecule has 0 bridgehead atoms. The van der Waals surface area contributed by atoms with Crippen LogP contribution in [-0.4, -0.2) is 47.7 Å². The van der Waals surface area contributed by atoms with Gasteiger partial charge in [0, 0.05) is 49.9 Å². The van der Waals surface area contributed by atoms with E-state index in [1.807, 2.05) is 17.0 Å². The molecule has 0 spiro atoms. The van der Waals surface area contributed by atoms with Gasteiger partial charge in [0.05, 0.1) is 17.8 Å². The van der Waals surface area contributed by atoms with Crippen molar-refractivity contribution in [3.8, 4) is 22.9 Å². The molecule has 4 aliphatic heterocycles. The molecule has 0 atom stereocenters. The molecule has 0 unspecified atom stereocenters. The third-order valence-electron chi connectivity index (χ3n) is 6.76. The lowest BCUT2D eigenvalue weighted by atomic mass is 10.1. The molecule has 8 heteroatoms. The minimum atomic E-state index is -0.134. The van der Waals surface area contributed by atoms with Crippen LogP contribution in [0.4, 0.5) is 11.4 Å². The van der Waals surface area contributed by atoms with E-state index < -0.39 is 0 Å². The number of amides is 1. The molecule has 1 amide bonds. The molecule has 32 heavy (non-hydrogen) atoms. The van der Waals surface area contributed by atoms with Crippen molar-refractivity contribution in [1.29, 1.82) is 0 Å². The summed E-state index contributed by atoms with van der Waals surface area (Å²) in [4.78, 5) is 25.2. The van der Waals surface area contributed by atoms with Crippen molar-refractivity contribution in [2.75, 3.05) is 36.0 Å². The third-order valence-corrected chi connectivity index (χ3v) is 6.76. The molecule has 1 saturated heterocycles. The Morgan fingerprint density at radius 3 is 2.75 bits per heavy atom. The SMILES string of the molecule is O=C1CCN2C(=N1)Oc1ccc(-c3nc4cc(N5CCCC5)cc5c4n3CCCO5)cc12. The molecule has 8 nitrogen and oxygen atoms in total. The third kappa shape index (κ3) is 2.65. The number of ether oxygens (including phenoxy) is 2. The number of hydrogen-bond donors (Lipinski definition) is 0. The van der Waals surface area contributed by atoms with Crippen LogP contribution < -0.4 is 19.3 Å². The van der Waals surface area contributed by atoms with Crippen LogP contribution >= 0.6 is 0 Å². The average Bonchev–Trinajstić information content (AvgIpc) is 3.49. The first-order valence-corrected chi connectivity index (χ1v) is 11.4. The largest absolute Gasteiger partial charge is 0.491 e. The number of aliphatic imine (C=N–C) groups is 1. The van der Waals surface area contributed by atoms with Gasteiger partial charge in [-0.15, -0.1) is 0 Å². The van der Waals surface area contributed by atoms with Crippen LogP contribution in [0.2, 0.25) is 0 Å². The molecule has 1 fully saturated rings. The first-order valence-electron chi connectivity index (χ1n) is 11.4. The maximum Gasteiger partial charge on any atom is 0.305 e. The predicted octanol–water partition coefficient (Wildman–Crippen LogP) is 3.57. The van der Waals surface area contributed by atoms with Gasteiger partial charge in [0.2, 0.25) is 0 Å². The van der Waals surface area contributed by atoms with E-state index in [4.69, 9.17) is 14.5 Å². The van der Waals surface area contributed by atoms with Crippen LogP contribution in [0.5, 0.6) is 11.5 Å². The molecule has 0 aliphatic carbocycles. The number of rotatable bonds is 2. The van der Waals surface area contributed by atoms with Crippen LogP contribution in [-0.2, 0) is 11.3 Å². The molecule has 2 aromatic carbocycles. The van der Waals surface area contributed by atoms with E-state index in [-0.39, 0.29) is 5.91 Å². The second-order valence-electron chi connectivity index (χ2n) is 8.77. The summed E-state index contributed by atoms with van der Waals surface area (Å²) in [7, 11) is 0. The number of anilines is 2. The quantitative estimate of drug-likeness (QED) is 0.620. The summed E-state index contributed by atoms with van der Waals surface area (Å²) in [5.74, 6) is 2.46. The zero-order valence-electron chi connectivity index (χ0n) is 17.7. The highest BCUT2D eigenvalue weighted by Gasteiger charge is 2.33. The minimum absolute atomic E-state index is 0.134. The van der Waals surface area contributed by atoms with E-state index >= 15 is 0 Å². The normalized spacial score (nSPS) is 19.4. The average molecular weight is 429 g/mol. The van der Waals surface area contributed by atoms with Gasteiger partial charge >= 0.3 is 6.02 Å². The van der Waals surface area contributed by atoms with Gasteiger partial charge in [-0.05, 0) is 43.5 Å². The second kappa shape index (κ2) is 6.72. The number of nitrogens with zero attached hydrogens (tertiary/aromatic N) is 5. The first-order chi connectivity index (χ1) is 15.7. The van der Waals surface area contributed by atoms with Crippen molar-refractivity contribution in [3.63, 3.8) is 0 Å². The molecular weight excluding hydrogens is 406 g/mol. The summed E-state index contributed by atoms with van der Waals surface area (Å²) in [5.41, 5.74) is 5.21. The van der Waals surface area contributed by atoms with Crippen molar-refractivity contribution in [2.24, 2.45) is 4.99 Å². The number of imidazole rings is 1. The Balaban J connectivity index is 1.37. The molecule has 7 rings (SSSR count). The molecule has 3 aromatic rings. The lowest BCUT2D eigenvalue weighted by Gasteiger charge is -2.19. The summed E-state index contributed by atoms with van der Waals surface area (Å²) >= 11 is 0. The van der Waals surface area contributed by atoms with Crippen LogP contribution in [0.3, 0.4) is 0 Å². The number of amidine groups is 1. The summed E-state index contributed by atoms with van der Waals surface area (Å²) in [5, 5.41) is 0. The summed E-state index contributed by atoms with van der Waals surface area (Å²) in [6.45, 7) is 4.33. The minimum Gasteiger partial charge on any atom is -0.491 e. The fourth-order valence-corrected chi connectivity index (χ4v) is 5.21. The Labute approximate surface area is 185 Å². The van der Waals surface area contributed by atoms with Gasteiger partial charge in [-0.3, -0.25) is 9.69 Å². The molecular formula is C24H23N5O3. The second-order valence-corrected chi connectivity index (χ2v) is 8.77. The zero-order valence-corrected chi connectivity index (χ0v) is 17.7. The standard InChI is InChI=1S/C24H23N5O3/c30-21-6-10-28-18-12-15(4-5-19(18)32-24(28)26-21)23-25-17-13-16(27-7-1-2-8-27)14-20-22(17)29(23)9-3-11-31-20/h4-5,12-14H,1-3,6-11H2.